The maximum atomic E-state index is 12.2. The molecule has 6 heteroatoms. The number of anilines is 1. The van der Waals surface area contributed by atoms with Crippen LogP contribution in [-0.2, 0) is 4.79 Å². The van der Waals surface area contributed by atoms with Crippen molar-refractivity contribution in [1.29, 1.82) is 0 Å². The number of rotatable bonds is 6. The fourth-order valence-corrected chi connectivity index (χ4v) is 2.57. The summed E-state index contributed by atoms with van der Waals surface area (Å²) in [5, 5.41) is 6.49. The SMILES string of the molecule is CCCNC(=O)c1ccccc1NC(=O)/C=C/c1ccc(Cl)cc1Cl. The number of para-hydroxylation sites is 1. The Labute approximate surface area is 156 Å². The molecule has 2 N–H and O–H groups in total. The third-order valence-electron chi connectivity index (χ3n) is 3.34. The van der Waals surface area contributed by atoms with Gasteiger partial charge >= 0.3 is 0 Å². The predicted octanol–water partition coefficient (Wildman–Crippen LogP) is 4.79. The highest BCUT2D eigenvalue weighted by molar-refractivity contribution is 6.35. The van der Waals surface area contributed by atoms with Gasteiger partial charge in [0.2, 0.25) is 5.91 Å². The van der Waals surface area contributed by atoms with Crippen LogP contribution in [-0.4, -0.2) is 18.4 Å². The molecule has 0 aliphatic carbocycles. The van der Waals surface area contributed by atoms with Gasteiger partial charge < -0.3 is 10.6 Å². The quantitative estimate of drug-likeness (QED) is 0.712. The molecule has 2 amide bonds. The molecule has 4 nitrogen and oxygen atoms in total. The molecule has 0 saturated heterocycles. The van der Waals surface area contributed by atoms with Crippen molar-refractivity contribution in [2.45, 2.75) is 13.3 Å². The molecule has 130 valence electrons. The molecule has 0 atom stereocenters. The van der Waals surface area contributed by atoms with Crippen molar-refractivity contribution in [2.24, 2.45) is 0 Å². The molecule has 2 rings (SSSR count). The molecular formula is C19H18Cl2N2O2. The molecule has 25 heavy (non-hydrogen) atoms. The molecule has 0 aliphatic rings. The van der Waals surface area contributed by atoms with Gasteiger partial charge in [-0.05, 0) is 42.3 Å². The molecule has 0 aliphatic heterocycles. The Kier molecular flexibility index (Phi) is 7.04. The highest BCUT2D eigenvalue weighted by Crippen LogP contribution is 2.22. The van der Waals surface area contributed by atoms with E-state index >= 15 is 0 Å². The van der Waals surface area contributed by atoms with Crippen LogP contribution >= 0.6 is 23.2 Å². The molecule has 2 aromatic carbocycles. The molecule has 0 radical (unpaired) electrons. The van der Waals surface area contributed by atoms with Gasteiger partial charge in [-0.2, -0.15) is 0 Å². The molecule has 0 unspecified atom stereocenters. The van der Waals surface area contributed by atoms with Gasteiger partial charge in [-0.3, -0.25) is 9.59 Å². The number of hydrogen-bond acceptors (Lipinski definition) is 2. The van der Waals surface area contributed by atoms with Crippen molar-refractivity contribution >= 4 is 46.8 Å². The Morgan fingerprint density at radius 3 is 2.60 bits per heavy atom. The molecule has 0 spiro atoms. The summed E-state index contributed by atoms with van der Waals surface area (Å²) < 4.78 is 0. The maximum absolute atomic E-state index is 12.2. The van der Waals surface area contributed by atoms with E-state index in [1.54, 1.807) is 48.5 Å². The molecular weight excluding hydrogens is 359 g/mol. The minimum absolute atomic E-state index is 0.220. The molecule has 0 saturated carbocycles. The van der Waals surface area contributed by atoms with Gasteiger partial charge in [-0.25, -0.2) is 0 Å². The van der Waals surface area contributed by atoms with Crippen LogP contribution in [0, 0.1) is 0 Å². The number of carbonyl (C=O) groups excluding carboxylic acids is 2. The van der Waals surface area contributed by atoms with Crippen LogP contribution < -0.4 is 10.6 Å². The van der Waals surface area contributed by atoms with Crippen molar-refractivity contribution in [3.05, 3.63) is 69.7 Å². The summed E-state index contributed by atoms with van der Waals surface area (Å²) in [5.41, 5.74) is 1.55. The number of nitrogens with one attached hydrogen (secondary N) is 2. The van der Waals surface area contributed by atoms with Crippen molar-refractivity contribution < 1.29 is 9.59 Å². The van der Waals surface area contributed by atoms with E-state index in [-0.39, 0.29) is 11.8 Å². The lowest BCUT2D eigenvalue weighted by atomic mass is 10.1. The van der Waals surface area contributed by atoms with E-state index in [2.05, 4.69) is 10.6 Å². The molecule has 0 heterocycles. The lowest BCUT2D eigenvalue weighted by Crippen LogP contribution is -2.25. The zero-order valence-electron chi connectivity index (χ0n) is 13.7. The van der Waals surface area contributed by atoms with Crippen molar-refractivity contribution in [3.8, 4) is 0 Å². The average molecular weight is 377 g/mol. The van der Waals surface area contributed by atoms with Crippen LogP contribution in [0.15, 0.2) is 48.5 Å². The molecule has 2 aromatic rings. The molecule has 0 fully saturated rings. The summed E-state index contributed by atoms with van der Waals surface area (Å²) in [5.74, 6) is -0.579. The van der Waals surface area contributed by atoms with Gasteiger partial charge in [0.05, 0.1) is 11.3 Å². The molecule has 0 aromatic heterocycles. The Morgan fingerprint density at radius 1 is 1.12 bits per heavy atom. The van der Waals surface area contributed by atoms with E-state index in [4.69, 9.17) is 23.2 Å². The largest absolute Gasteiger partial charge is 0.352 e. The maximum Gasteiger partial charge on any atom is 0.253 e. The van der Waals surface area contributed by atoms with E-state index in [9.17, 15) is 9.59 Å². The Hall–Kier alpha value is -2.30. The minimum Gasteiger partial charge on any atom is -0.352 e. The van der Waals surface area contributed by atoms with Crippen LogP contribution in [0.5, 0.6) is 0 Å². The number of carbonyl (C=O) groups is 2. The van der Waals surface area contributed by atoms with Crippen LogP contribution in [0.1, 0.15) is 29.3 Å². The summed E-state index contributed by atoms with van der Waals surface area (Å²) in [4.78, 5) is 24.3. The summed E-state index contributed by atoms with van der Waals surface area (Å²) in [7, 11) is 0. The fourth-order valence-electron chi connectivity index (χ4n) is 2.10. The zero-order valence-corrected chi connectivity index (χ0v) is 15.2. The summed E-state index contributed by atoms with van der Waals surface area (Å²) >= 11 is 11.9. The Bertz CT molecular complexity index is 804. The van der Waals surface area contributed by atoms with Gasteiger partial charge in [0.25, 0.3) is 5.91 Å². The minimum atomic E-state index is -0.359. The van der Waals surface area contributed by atoms with Crippen LogP contribution in [0.3, 0.4) is 0 Å². The number of amides is 2. The standard InChI is InChI=1S/C19H18Cl2N2O2/c1-2-11-22-19(25)15-5-3-4-6-17(15)23-18(24)10-8-13-7-9-14(20)12-16(13)21/h3-10,12H,2,11H2,1H3,(H,22,25)(H,23,24)/b10-8+. The van der Waals surface area contributed by atoms with Gasteiger partial charge in [-0.15, -0.1) is 0 Å². The Balaban J connectivity index is 2.10. The lowest BCUT2D eigenvalue weighted by Gasteiger charge is -2.10. The van der Waals surface area contributed by atoms with Crippen LogP contribution in [0.4, 0.5) is 5.69 Å². The first kappa shape index (κ1) is 19.0. The van der Waals surface area contributed by atoms with E-state index < -0.39 is 0 Å². The van der Waals surface area contributed by atoms with Gasteiger partial charge in [-0.1, -0.05) is 48.3 Å². The van der Waals surface area contributed by atoms with E-state index in [0.717, 1.165) is 6.42 Å². The van der Waals surface area contributed by atoms with E-state index in [1.165, 1.54) is 6.08 Å². The summed E-state index contributed by atoms with van der Waals surface area (Å²) in [6.07, 6.45) is 3.79. The fraction of sp³-hybridized carbons (Fsp3) is 0.158. The average Bonchev–Trinajstić information content (AvgIpc) is 2.59. The second-order valence-electron chi connectivity index (χ2n) is 5.29. The first-order valence-electron chi connectivity index (χ1n) is 7.82. The topological polar surface area (TPSA) is 58.2 Å². The van der Waals surface area contributed by atoms with Gasteiger partial charge in [0.15, 0.2) is 0 Å². The third-order valence-corrected chi connectivity index (χ3v) is 3.90. The van der Waals surface area contributed by atoms with Gasteiger partial charge in [0, 0.05) is 22.7 Å². The first-order valence-corrected chi connectivity index (χ1v) is 8.58. The van der Waals surface area contributed by atoms with Crippen molar-refractivity contribution in [2.75, 3.05) is 11.9 Å². The number of halogens is 2. The van der Waals surface area contributed by atoms with Crippen molar-refractivity contribution in [3.63, 3.8) is 0 Å². The van der Waals surface area contributed by atoms with E-state index in [0.29, 0.717) is 33.4 Å². The Morgan fingerprint density at radius 2 is 1.88 bits per heavy atom. The second-order valence-corrected chi connectivity index (χ2v) is 6.13. The smallest absolute Gasteiger partial charge is 0.253 e. The summed E-state index contributed by atoms with van der Waals surface area (Å²) in [6, 6.07) is 11.9. The monoisotopic (exact) mass is 376 g/mol. The second kappa shape index (κ2) is 9.25. The normalized spacial score (nSPS) is 10.7. The van der Waals surface area contributed by atoms with Crippen molar-refractivity contribution in [1.82, 2.24) is 5.32 Å². The highest BCUT2D eigenvalue weighted by atomic mass is 35.5. The van der Waals surface area contributed by atoms with Crippen LogP contribution in [0.25, 0.3) is 6.08 Å². The number of benzene rings is 2. The highest BCUT2D eigenvalue weighted by Gasteiger charge is 2.11. The zero-order chi connectivity index (χ0) is 18.2. The number of hydrogen-bond donors (Lipinski definition) is 2. The predicted molar refractivity (Wildman–Crippen MR) is 103 cm³/mol. The molecule has 0 bridgehead atoms. The third kappa shape index (κ3) is 5.62. The lowest BCUT2D eigenvalue weighted by molar-refractivity contribution is -0.111. The first-order chi connectivity index (χ1) is 12.0. The van der Waals surface area contributed by atoms with Gasteiger partial charge in [0.1, 0.15) is 0 Å². The van der Waals surface area contributed by atoms with Crippen LogP contribution in [0.2, 0.25) is 10.0 Å². The summed E-state index contributed by atoms with van der Waals surface area (Å²) in [6.45, 7) is 2.55. The van der Waals surface area contributed by atoms with E-state index in [1.807, 2.05) is 6.92 Å².